The molecule has 118 valence electrons. The Morgan fingerprint density at radius 1 is 1.24 bits per heavy atom. The highest BCUT2D eigenvalue weighted by Crippen LogP contribution is 2.48. The molecule has 5 heteroatoms. The van der Waals surface area contributed by atoms with Crippen molar-refractivity contribution in [3.8, 4) is 0 Å². The van der Waals surface area contributed by atoms with Crippen molar-refractivity contribution in [2.45, 2.75) is 37.9 Å². The number of ether oxygens (including phenoxy) is 1. The molecule has 0 radical (unpaired) electrons. The van der Waals surface area contributed by atoms with Crippen molar-refractivity contribution in [1.82, 2.24) is 5.32 Å². The molecule has 21 heavy (non-hydrogen) atoms. The van der Waals surface area contributed by atoms with Crippen LogP contribution in [0.5, 0.6) is 0 Å². The zero-order valence-electron chi connectivity index (χ0n) is 12.2. The number of rotatable bonds is 8. The molecule has 2 rings (SSSR count). The first-order valence-electron chi connectivity index (χ1n) is 7.28. The zero-order valence-corrected chi connectivity index (χ0v) is 12.2. The minimum Gasteiger partial charge on any atom is -0.385 e. The molecular weight excluding hydrogens is 279 g/mol. The highest BCUT2D eigenvalue weighted by Gasteiger charge is 2.42. The Morgan fingerprint density at radius 2 is 1.90 bits per heavy atom. The fraction of sp³-hybridized carbons (Fsp3) is 0.625. The zero-order chi connectivity index (χ0) is 15.3. The van der Waals surface area contributed by atoms with Crippen LogP contribution in [-0.4, -0.2) is 26.4 Å². The van der Waals surface area contributed by atoms with Crippen molar-refractivity contribution in [2.75, 3.05) is 20.3 Å². The summed E-state index contributed by atoms with van der Waals surface area (Å²) in [5, 5.41) is 3.13. The predicted molar refractivity (Wildman–Crippen MR) is 76.0 cm³/mol. The topological polar surface area (TPSA) is 21.3 Å². The summed E-state index contributed by atoms with van der Waals surface area (Å²) >= 11 is 0. The van der Waals surface area contributed by atoms with Gasteiger partial charge in [-0.05, 0) is 30.2 Å². The second-order valence-electron chi connectivity index (χ2n) is 5.91. The van der Waals surface area contributed by atoms with E-state index in [1.54, 1.807) is 31.4 Å². The second-order valence-corrected chi connectivity index (χ2v) is 5.91. The van der Waals surface area contributed by atoms with E-state index in [0.29, 0.717) is 18.7 Å². The molecule has 0 amide bonds. The molecule has 0 heterocycles. The van der Waals surface area contributed by atoms with Gasteiger partial charge in [-0.2, -0.15) is 13.2 Å². The molecule has 0 bridgehead atoms. The maximum atomic E-state index is 12.8. The summed E-state index contributed by atoms with van der Waals surface area (Å²) in [6.07, 6.45) is -1.97. The number of hydrogen-bond donors (Lipinski definition) is 1. The first-order valence-corrected chi connectivity index (χ1v) is 7.28. The quantitative estimate of drug-likeness (QED) is 0.781. The lowest BCUT2D eigenvalue weighted by molar-refractivity contribution is -0.140. The summed E-state index contributed by atoms with van der Waals surface area (Å²) in [5.74, 6) is 0. The van der Waals surface area contributed by atoms with Gasteiger partial charge >= 0.3 is 6.18 Å². The summed E-state index contributed by atoms with van der Waals surface area (Å²) < 4.78 is 43.4. The molecule has 1 aliphatic rings. The molecule has 1 unspecified atom stereocenters. The summed E-state index contributed by atoms with van der Waals surface area (Å²) in [6, 6.07) is 8.19. The van der Waals surface area contributed by atoms with E-state index in [2.05, 4.69) is 5.32 Å². The van der Waals surface area contributed by atoms with Gasteiger partial charge in [0, 0.05) is 26.3 Å². The van der Waals surface area contributed by atoms with Gasteiger partial charge in [0.1, 0.15) is 0 Å². The van der Waals surface area contributed by atoms with Gasteiger partial charge in [-0.3, -0.25) is 0 Å². The molecule has 1 aliphatic carbocycles. The summed E-state index contributed by atoms with van der Waals surface area (Å²) in [7, 11) is 1.65. The lowest BCUT2D eigenvalue weighted by atomic mass is 9.99. The van der Waals surface area contributed by atoms with Crippen molar-refractivity contribution >= 4 is 0 Å². The number of methoxy groups -OCH3 is 1. The lowest BCUT2D eigenvalue weighted by Crippen LogP contribution is -2.32. The largest absolute Gasteiger partial charge is 0.390 e. The third kappa shape index (κ3) is 5.32. The molecule has 1 N–H and O–H groups in total. The number of benzene rings is 1. The average Bonchev–Trinajstić information content (AvgIpc) is 3.22. The van der Waals surface area contributed by atoms with Gasteiger partial charge in [-0.1, -0.05) is 30.3 Å². The third-order valence-electron chi connectivity index (χ3n) is 4.15. The SMILES string of the molecule is COCCC1(CNC(CC(F)(F)F)c2ccccc2)CC1. The fourth-order valence-electron chi connectivity index (χ4n) is 2.57. The van der Waals surface area contributed by atoms with Gasteiger partial charge in [0.15, 0.2) is 0 Å². The number of nitrogens with one attached hydrogen (secondary N) is 1. The minimum absolute atomic E-state index is 0.134. The molecule has 1 fully saturated rings. The Kier molecular flexibility index (Phi) is 5.27. The summed E-state index contributed by atoms with van der Waals surface area (Å²) in [6.45, 7) is 1.28. The van der Waals surface area contributed by atoms with Gasteiger partial charge in [0.05, 0.1) is 6.42 Å². The minimum atomic E-state index is -4.17. The normalized spacial score (nSPS) is 18.5. The highest BCUT2D eigenvalue weighted by molar-refractivity contribution is 5.19. The Bertz CT molecular complexity index is 429. The van der Waals surface area contributed by atoms with Crippen LogP contribution in [0.2, 0.25) is 0 Å². The molecule has 0 aromatic heterocycles. The molecule has 0 aliphatic heterocycles. The number of hydrogen-bond acceptors (Lipinski definition) is 2. The highest BCUT2D eigenvalue weighted by atomic mass is 19.4. The van der Waals surface area contributed by atoms with Crippen LogP contribution >= 0.6 is 0 Å². The number of alkyl halides is 3. The molecule has 0 saturated heterocycles. The molecule has 1 atom stereocenters. The Hall–Kier alpha value is -1.07. The van der Waals surface area contributed by atoms with Crippen LogP contribution in [0.15, 0.2) is 30.3 Å². The van der Waals surface area contributed by atoms with Crippen LogP contribution in [0, 0.1) is 5.41 Å². The lowest BCUT2D eigenvalue weighted by Gasteiger charge is -2.24. The van der Waals surface area contributed by atoms with Crippen LogP contribution in [0.3, 0.4) is 0 Å². The first-order chi connectivity index (χ1) is 9.94. The fourth-order valence-corrected chi connectivity index (χ4v) is 2.57. The van der Waals surface area contributed by atoms with Gasteiger partial charge in [0.2, 0.25) is 0 Å². The van der Waals surface area contributed by atoms with E-state index in [1.807, 2.05) is 6.07 Å². The van der Waals surface area contributed by atoms with Crippen molar-refractivity contribution in [3.63, 3.8) is 0 Å². The molecule has 1 saturated carbocycles. The molecule has 1 aromatic rings. The van der Waals surface area contributed by atoms with Gasteiger partial charge in [-0.15, -0.1) is 0 Å². The molecule has 2 nitrogen and oxygen atoms in total. The van der Waals surface area contributed by atoms with E-state index >= 15 is 0 Å². The maximum Gasteiger partial charge on any atom is 0.390 e. The van der Waals surface area contributed by atoms with E-state index in [4.69, 9.17) is 4.74 Å². The van der Waals surface area contributed by atoms with Crippen LogP contribution in [-0.2, 0) is 4.74 Å². The molecule has 0 spiro atoms. The smallest absolute Gasteiger partial charge is 0.385 e. The van der Waals surface area contributed by atoms with Crippen LogP contribution < -0.4 is 5.32 Å². The van der Waals surface area contributed by atoms with Crippen molar-refractivity contribution < 1.29 is 17.9 Å². The predicted octanol–water partition coefficient (Wildman–Crippen LogP) is 4.09. The second kappa shape index (κ2) is 6.79. The average molecular weight is 301 g/mol. The summed E-state index contributed by atoms with van der Waals surface area (Å²) in [4.78, 5) is 0. The van der Waals surface area contributed by atoms with E-state index < -0.39 is 18.6 Å². The van der Waals surface area contributed by atoms with Crippen LogP contribution in [0.25, 0.3) is 0 Å². The number of halogens is 3. The Morgan fingerprint density at radius 3 is 2.43 bits per heavy atom. The van der Waals surface area contributed by atoms with E-state index in [9.17, 15) is 13.2 Å². The van der Waals surface area contributed by atoms with Crippen molar-refractivity contribution in [2.24, 2.45) is 5.41 Å². The van der Waals surface area contributed by atoms with Crippen LogP contribution in [0.1, 0.15) is 37.3 Å². The molecular formula is C16H22F3NO. The Labute approximate surface area is 123 Å². The van der Waals surface area contributed by atoms with Crippen molar-refractivity contribution in [1.29, 1.82) is 0 Å². The van der Waals surface area contributed by atoms with Gasteiger partial charge < -0.3 is 10.1 Å². The molecule has 1 aromatic carbocycles. The van der Waals surface area contributed by atoms with Gasteiger partial charge in [0.25, 0.3) is 0 Å². The van der Waals surface area contributed by atoms with Crippen LogP contribution in [0.4, 0.5) is 13.2 Å². The van der Waals surface area contributed by atoms with E-state index in [-0.39, 0.29) is 5.41 Å². The first kappa shape index (κ1) is 16.3. The maximum absolute atomic E-state index is 12.8. The Balaban J connectivity index is 1.97. The third-order valence-corrected chi connectivity index (χ3v) is 4.15. The summed E-state index contributed by atoms with van der Waals surface area (Å²) in [5.41, 5.74) is 0.826. The van der Waals surface area contributed by atoms with Gasteiger partial charge in [-0.25, -0.2) is 0 Å². The van der Waals surface area contributed by atoms with E-state index in [0.717, 1.165) is 19.3 Å². The van der Waals surface area contributed by atoms with Crippen molar-refractivity contribution in [3.05, 3.63) is 35.9 Å². The van der Waals surface area contributed by atoms with E-state index in [1.165, 1.54) is 0 Å². The standard InChI is InChI=1S/C16H22F3NO/c1-21-10-9-15(7-8-15)12-20-14(11-16(17,18)19)13-5-3-2-4-6-13/h2-6,14,20H,7-12H2,1H3. The monoisotopic (exact) mass is 301 g/mol.